The molecule has 3 aromatic rings. The molecule has 0 aliphatic carbocycles. The highest BCUT2D eigenvalue weighted by Crippen LogP contribution is 2.32. The van der Waals surface area contributed by atoms with Gasteiger partial charge >= 0.3 is 6.18 Å². The van der Waals surface area contributed by atoms with Gasteiger partial charge in [0, 0.05) is 5.38 Å². The molecule has 0 radical (unpaired) electrons. The van der Waals surface area contributed by atoms with Crippen LogP contribution in [-0.2, 0) is 6.18 Å². The Morgan fingerprint density at radius 2 is 2.05 bits per heavy atom. The van der Waals surface area contributed by atoms with E-state index in [1.54, 1.807) is 0 Å². The Morgan fingerprint density at radius 3 is 2.73 bits per heavy atom. The SMILES string of the molecule is Cc1csc2nc(NC(=O)c3ccccc3C(F)(F)F)nn12. The maximum Gasteiger partial charge on any atom is 0.417 e. The van der Waals surface area contributed by atoms with Crippen LogP contribution in [0.1, 0.15) is 21.6 Å². The van der Waals surface area contributed by atoms with Gasteiger partial charge in [0.2, 0.25) is 4.96 Å². The number of carbonyl (C=O) groups excluding carboxylic acids is 1. The number of hydrogen-bond acceptors (Lipinski definition) is 4. The quantitative estimate of drug-likeness (QED) is 0.785. The smallest absolute Gasteiger partial charge is 0.289 e. The Bertz CT molecular complexity index is 852. The number of aryl methyl sites for hydroxylation is 1. The second kappa shape index (κ2) is 5.09. The van der Waals surface area contributed by atoms with Gasteiger partial charge < -0.3 is 0 Å². The number of alkyl halides is 3. The van der Waals surface area contributed by atoms with Gasteiger partial charge in [0.05, 0.1) is 16.8 Å². The van der Waals surface area contributed by atoms with E-state index in [4.69, 9.17) is 0 Å². The summed E-state index contributed by atoms with van der Waals surface area (Å²) in [5.74, 6) is -0.930. The molecule has 3 rings (SSSR count). The summed E-state index contributed by atoms with van der Waals surface area (Å²) < 4.78 is 40.2. The van der Waals surface area contributed by atoms with Crippen molar-refractivity contribution >= 4 is 28.2 Å². The zero-order chi connectivity index (χ0) is 15.9. The minimum atomic E-state index is -4.60. The molecule has 2 aromatic heterocycles. The number of rotatable bonds is 2. The van der Waals surface area contributed by atoms with Crippen LogP contribution in [-0.4, -0.2) is 20.5 Å². The van der Waals surface area contributed by atoms with Crippen LogP contribution in [0.25, 0.3) is 4.96 Å². The van der Waals surface area contributed by atoms with Gasteiger partial charge in [-0.15, -0.1) is 16.4 Å². The number of anilines is 1. The van der Waals surface area contributed by atoms with Gasteiger partial charge in [-0.05, 0) is 19.1 Å². The molecule has 0 aliphatic heterocycles. The van der Waals surface area contributed by atoms with E-state index in [0.717, 1.165) is 17.8 Å². The summed E-state index contributed by atoms with van der Waals surface area (Å²) in [6.07, 6.45) is -4.60. The lowest BCUT2D eigenvalue weighted by molar-refractivity contribution is -0.137. The minimum Gasteiger partial charge on any atom is -0.289 e. The van der Waals surface area contributed by atoms with E-state index in [1.807, 2.05) is 12.3 Å². The van der Waals surface area contributed by atoms with Gasteiger partial charge in [-0.1, -0.05) is 12.1 Å². The Kier molecular flexibility index (Phi) is 3.36. The van der Waals surface area contributed by atoms with Crippen molar-refractivity contribution in [3.63, 3.8) is 0 Å². The molecule has 2 heterocycles. The number of thiazole rings is 1. The molecule has 9 heteroatoms. The predicted octanol–water partition coefficient (Wildman–Crippen LogP) is 3.37. The topological polar surface area (TPSA) is 59.3 Å². The van der Waals surface area contributed by atoms with Crippen molar-refractivity contribution in [3.05, 3.63) is 46.5 Å². The minimum absolute atomic E-state index is 0.0306. The summed E-state index contributed by atoms with van der Waals surface area (Å²) in [7, 11) is 0. The van der Waals surface area contributed by atoms with Crippen LogP contribution in [0, 0.1) is 6.92 Å². The normalized spacial score (nSPS) is 11.8. The van der Waals surface area contributed by atoms with E-state index in [1.165, 1.54) is 28.0 Å². The summed E-state index contributed by atoms with van der Waals surface area (Å²) in [6.45, 7) is 1.81. The maximum absolute atomic E-state index is 12.9. The van der Waals surface area contributed by atoms with E-state index < -0.39 is 23.2 Å². The van der Waals surface area contributed by atoms with Crippen LogP contribution in [0.2, 0.25) is 0 Å². The first-order chi connectivity index (χ1) is 10.4. The molecule has 5 nitrogen and oxygen atoms in total. The Hall–Kier alpha value is -2.42. The van der Waals surface area contributed by atoms with Crippen molar-refractivity contribution in [2.45, 2.75) is 13.1 Å². The highest BCUT2D eigenvalue weighted by molar-refractivity contribution is 7.15. The lowest BCUT2D eigenvalue weighted by Gasteiger charge is -2.11. The van der Waals surface area contributed by atoms with Crippen LogP contribution < -0.4 is 5.32 Å². The number of benzene rings is 1. The molecule has 0 saturated carbocycles. The molecular weight excluding hydrogens is 317 g/mol. The summed E-state index contributed by atoms with van der Waals surface area (Å²) in [5, 5.41) is 8.16. The van der Waals surface area contributed by atoms with Gasteiger partial charge in [0.25, 0.3) is 11.9 Å². The van der Waals surface area contributed by atoms with Gasteiger partial charge in [-0.3, -0.25) is 10.1 Å². The average molecular weight is 326 g/mol. The third-order valence-electron chi connectivity index (χ3n) is 2.95. The van der Waals surface area contributed by atoms with Gasteiger partial charge in [0.15, 0.2) is 0 Å². The van der Waals surface area contributed by atoms with Crippen LogP contribution in [0.5, 0.6) is 0 Å². The van der Waals surface area contributed by atoms with Gasteiger partial charge in [0.1, 0.15) is 0 Å². The fourth-order valence-electron chi connectivity index (χ4n) is 1.94. The van der Waals surface area contributed by atoms with E-state index in [0.29, 0.717) is 4.96 Å². The molecule has 1 aromatic carbocycles. The zero-order valence-electron chi connectivity index (χ0n) is 11.2. The van der Waals surface area contributed by atoms with Gasteiger partial charge in [-0.25, -0.2) is 4.52 Å². The molecule has 0 aliphatic rings. The van der Waals surface area contributed by atoms with E-state index in [-0.39, 0.29) is 5.95 Å². The number of nitrogens with zero attached hydrogens (tertiary/aromatic N) is 3. The van der Waals surface area contributed by atoms with Crippen molar-refractivity contribution in [1.29, 1.82) is 0 Å². The fourth-order valence-corrected chi connectivity index (χ4v) is 2.74. The lowest BCUT2D eigenvalue weighted by Crippen LogP contribution is -2.19. The van der Waals surface area contributed by atoms with Crippen molar-refractivity contribution in [2.75, 3.05) is 5.32 Å². The molecule has 0 atom stereocenters. The molecule has 114 valence electrons. The molecule has 0 spiro atoms. The molecular formula is C13H9F3N4OS. The Balaban J connectivity index is 1.91. The molecule has 0 fully saturated rings. The third kappa shape index (κ3) is 2.54. The largest absolute Gasteiger partial charge is 0.417 e. The fraction of sp³-hybridized carbons (Fsp3) is 0.154. The van der Waals surface area contributed by atoms with E-state index >= 15 is 0 Å². The predicted molar refractivity (Wildman–Crippen MR) is 75.0 cm³/mol. The van der Waals surface area contributed by atoms with Crippen molar-refractivity contribution in [3.8, 4) is 0 Å². The van der Waals surface area contributed by atoms with E-state index in [9.17, 15) is 18.0 Å². The number of nitrogens with one attached hydrogen (secondary N) is 1. The summed E-state index contributed by atoms with van der Waals surface area (Å²) in [5.41, 5.74) is -0.640. The van der Waals surface area contributed by atoms with Crippen molar-refractivity contribution in [2.24, 2.45) is 0 Å². The molecule has 0 bridgehead atoms. The highest BCUT2D eigenvalue weighted by Gasteiger charge is 2.35. The molecule has 0 saturated heterocycles. The molecule has 0 unspecified atom stereocenters. The molecule has 1 amide bonds. The first kappa shape index (κ1) is 14.5. The number of hydrogen-bond donors (Lipinski definition) is 1. The Morgan fingerprint density at radius 1 is 1.32 bits per heavy atom. The monoisotopic (exact) mass is 326 g/mol. The van der Waals surface area contributed by atoms with Gasteiger partial charge in [-0.2, -0.15) is 18.2 Å². The maximum atomic E-state index is 12.9. The summed E-state index contributed by atoms with van der Waals surface area (Å²) in [4.78, 5) is 16.7. The van der Waals surface area contributed by atoms with Crippen LogP contribution in [0.3, 0.4) is 0 Å². The second-order valence-corrected chi connectivity index (χ2v) is 5.34. The highest BCUT2D eigenvalue weighted by atomic mass is 32.1. The number of amides is 1. The van der Waals surface area contributed by atoms with Crippen LogP contribution >= 0.6 is 11.3 Å². The van der Waals surface area contributed by atoms with Crippen molar-refractivity contribution < 1.29 is 18.0 Å². The molecule has 1 N–H and O–H groups in total. The number of halogens is 3. The zero-order valence-corrected chi connectivity index (χ0v) is 12.0. The number of aromatic nitrogens is 3. The number of fused-ring (bicyclic) bond motifs is 1. The van der Waals surface area contributed by atoms with E-state index in [2.05, 4.69) is 15.4 Å². The Labute approximate surface area is 126 Å². The van der Waals surface area contributed by atoms with Crippen LogP contribution in [0.4, 0.5) is 19.1 Å². The number of carbonyl (C=O) groups is 1. The lowest BCUT2D eigenvalue weighted by atomic mass is 10.1. The first-order valence-electron chi connectivity index (χ1n) is 6.14. The van der Waals surface area contributed by atoms with Crippen molar-refractivity contribution in [1.82, 2.24) is 14.6 Å². The van der Waals surface area contributed by atoms with Crippen LogP contribution in [0.15, 0.2) is 29.6 Å². The third-order valence-corrected chi connectivity index (χ3v) is 3.88. The average Bonchev–Trinajstić information content (AvgIpc) is 3.00. The molecule has 22 heavy (non-hydrogen) atoms. The summed E-state index contributed by atoms with van der Waals surface area (Å²) in [6, 6.07) is 4.57. The first-order valence-corrected chi connectivity index (χ1v) is 7.02. The summed E-state index contributed by atoms with van der Waals surface area (Å²) >= 11 is 1.32. The second-order valence-electron chi connectivity index (χ2n) is 4.50. The standard InChI is InChI=1S/C13H9F3N4OS/c1-7-6-22-12-18-11(19-20(7)12)17-10(21)8-4-2-3-5-9(8)13(14,15)16/h2-6H,1H3,(H,17,19,21).